The van der Waals surface area contributed by atoms with Gasteiger partial charge < -0.3 is 4.74 Å². The molecule has 0 saturated heterocycles. The van der Waals surface area contributed by atoms with Gasteiger partial charge in [-0.1, -0.05) is 0 Å². The molecule has 1 aromatic carbocycles. The van der Waals surface area contributed by atoms with E-state index in [0.717, 1.165) is 6.07 Å². The molecular weight excluding hydrogens is 324 g/mol. The Kier molecular flexibility index (Phi) is 3.57. The molecule has 9 heteroatoms. The SMILES string of the molecule is O=c1cc(COc2c(F)c(F)cc(F)c2F)nc2sccn12. The van der Waals surface area contributed by atoms with Gasteiger partial charge in [-0.2, -0.15) is 8.78 Å². The lowest BCUT2D eigenvalue weighted by Crippen LogP contribution is -2.14. The maximum Gasteiger partial charge on any atom is 0.258 e. The van der Waals surface area contributed by atoms with Gasteiger partial charge in [0.05, 0.1) is 5.69 Å². The van der Waals surface area contributed by atoms with Crippen molar-refractivity contribution in [1.29, 1.82) is 0 Å². The van der Waals surface area contributed by atoms with Gasteiger partial charge in [0.15, 0.2) is 22.3 Å². The van der Waals surface area contributed by atoms with E-state index < -0.39 is 41.2 Å². The molecule has 2 heterocycles. The zero-order valence-corrected chi connectivity index (χ0v) is 11.5. The van der Waals surface area contributed by atoms with E-state index in [9.17, 15) is 22.4 Å². The van der Waals surface area contributed by atoms with Crippen molar-refractivity contribution in [2.75, 3.05) is 0 Å². The highest BCUT2D eigenvalue weighted by Gasteiger charge is 2.20. The summed E-state index contributed by atoms with van der Waals surface area (Å²) in [5, 5.41) is 1.63. The first-order chi connectivity index (χ1) is 10.5. The number of hydrogen-bond acceptors (Lipinski definition) is 4. The van der Waals surface area contributed by atoms with Gasteiger partial charge in [-0.25, -0.2) is 13.8 Å². The Balaban J connectivity index is 1.93. The summed E-state index contributed by atoms with van der Waals surface area (Å²) in [5.41, 5.74) is -0.327. The predicted octanol–water partition coefficient (Wildman–Crippen LogP) is 2.89. The lowest BCUT2D eigenvalue weighted by Gasteiger charge is -2.09. The minimum Gasteiger partial charge on any atom is -0.481 e. The van der Waals surface area contributed by atoms with E-state index in [1.165, 1.54) is 21.9 Å². The van der Waals surface area contributed by atoms with Crippen molar-refractivity contribution in [3.05, 3.63) is 63.0 Å². The Morgan fingerprint density at radius 2 is 1.82 bits per heavy atom. The molecule has 0 atom stereocenters. The normalized spacial score (nSPS) is 11.1. The molecule has 0 bridgehead atoms. The molecular formula is C13H6F4N2O2S. The summed E-state index contributed by atoms with van der Waals surface area (Å²) in [6.07, 6.45) is 1.52. The van der Waals surface area contributed by atoms with Crippen LogP contribution in [0.1, 0.15) is 5.69 Å². The van der Waals surface area contributed by atoms with Crippen molar-refractivity contribution in [2.45, 2.75) is 6.61 Å². The summed E-state index contributed by atoms with van der Waals surface area (Å²) in [4.78, 5) is 16.1. The Morgan fingerprint density at radius 1 is 1.14 bits per heavy atom. The van der Waals surface area contributed by atoms with Crippen LogP contribution < -0.4 is 10.3 Å². The fourth-order valence-corrected chi connectivity index (χ4v) is 2.52. The molecule has 0 N–H and O–H groups in total. The Morgan fingerprint density at radius 3 is 2.50 bits per heavy atom. The molecule has 0 amide bonds. The van der Waals surface area contributed by atoms with Gasteiger partial charge in [0, 0.05) is 23.7 Å². The zero-order valence-electron chi connectivity index (χ0n) is 10.6. The molecule has 2 aromatic heterocycles. The van der Waals surface area contributed by atoms with E-state index in [0.29, 0.717) is 4.96 Å². The first-order valence-corrected chi connectivity index (χ1v) is 6.77. The Bertz CT molecular complexity index is 896. The average molecular weight is 330 g/mol. The quantitative estimate of drug-likeness (QED) is 0.548. The van der Waals surface area contributed by atoms with E-state index in [1.807, 2.05) is 0 Å². The second-order valence-corrected chi connectivity index (χ2v) is 5.10. The number of nitrogens with zero attached hydrogens (tertiary/aromatic N) is 2. The summed E-state index contributed by atoms with van der Waals surface area (Å²) in [7, 11) is 0. The lowest BCUT2D eigenvalue weighted by atomic mass is 10.3. The molecule has 0 fully saturated rings. The molecule has 0 unspecified atom stereocenters. The number of fused-ring (bicyclic) bond motifs is 1. The van der Waals surface area contributed by atoms with Gasteiger partial charge >= 0.3 is 0 Å². The summed E-state index contributed by atoms with van der Waals surface area (Å²) in [5.74, 6) is -7.63. The molecule has 4 nitrogen and oxygen atoms in total. The molecule has 0 aliphatic heterocycles. The summed E-state index contributed by atoms with van der Waals surface area (Å²) >= 11 is 1.18. The van der Waals surface area contributed by atoms with Crippen LogP contribution in [0, 0.1) is 23.3 Å². The van der Waals surface area contributed by atoms with Crippen molar-refractivity contribution in [3.63, 3.8) is 0 Å². The molecule has 3 aromatic rings. The second kappa shape index (κ2) is 5.41. The van der Waals surface area contributed by atoms with Gasteiger partial charge in [-0.3, -0.25) is 9.20 Å². The van der Waals surface area contributed by atoms with E-state index in [4.69, 9.17) is 4.74 Å². The number of benzene rings is 1. The van der Waals surface area contributed by atoms with Crippen LogP contribution in [0.3, 0.4) is 0 Å². The van der Waals surface area contributed by atoms with Crippen molar-refractivity contribution in [3.8, 4) is 5.75 Å². The number of ether oxygens (including phenoxy) is 1. The fraction of sp³-hybridized carbons (Fsp3) is 0.0769. The van der Waals surface area contributed by atoms with E-state index >= 15 is 0 Å². The maximum atomic E-state index is 13.4. The standard InChI is InChI=1S/C13H6F4N2O2S/c14-7-4-8(15)11(17)12(10(7)16)21-5-6-3-9(20)19-1-2-22-13(19)18-6/h1-4H,5H2. The molecule has 0 radical (unpaired) electrons. The maximum absolute atomic E-state index is 13.4. The third-order valence-electron chi connectivity index (χ3n) is 2.79. The number of hydrogen-bond donors (Lipinski definition) is 0. The minimum atomic E-state index is -1.65. The minimum absolute atomic E-state index is 0.0796. The largest absolute Gasteiger partial charge is 0.481 e. The van der Waals surface area contributed by atoms with E-state index in [2.05, 4.69) is 4.98 Å². The molecule has 0 spiro atoms. The molecule has 0 aliphatic carbocycles. The number of thiazole rings is 1. The van der Waals surface area contributed by atoms with Crippen LogP contribution in [-0.4, -0.2) is 9.38 Å². The Hall–Kier alpha value is -2.42. The van der Waals surface area contributed by atoms with Crippen LogP contribution in [0.5, 0.6) is 5.75 Å². The summed E-state index contributed by atoms with van der Waals surface area (Å²) < 4.78 is 59.0. The molecule has 0 saturated carbocycles. The molecule has 3 rings (SSSR count). The van der Waals surface area contributed by atoms with Crippen LogP contribution >= 0.6 is 11.3 Å². The van der Waals surface area contributed by atoms with Crippen LogP contribution in [0.2, 0.25) is 0 Å². The first-order valence-electron chi connectivity index (χ1n) is 5.89. The summed E-state index contributed by atoms with van der Waals surface area (Å²) in [6.45, 7) is -0.514. The number of halogens is 4. The van der Waals surface area contributed by atoms with E-state index in [-0.39, 0.29) is 11.8 Å². The zero-order chi connectivity index (χ0) is 15.9. The van der Waals surface area contributed by atoms with Crippen LogP contribution in [0.15, 0.2) is 28.5 Å². The van der Waals surface area contributed by atoms with Crippen LogP contribution in [0.25, 0.3) is 4.96 Å². The van der Waals surface area contributed by atoms with Crippen molar-refractivity contribution < 1.29 is 22.3 Å². The highest BCUT2D eigenvalue weighted by Crippen LogP contribution is 2.27. The second-order valence-electron chi connectivity index (χ2n) is 4.23. The average Bonchev–Trinajstić information content (AvgIpc) is 2.94. The fourth-order valence-electron chi connectivity index (χ4n) is 1.79. The summed E-state index contributed by atoms with van der Waals surface area (Å²) in [6, 6.07) is 1.19. The third-order valence-corrected chi connectivity index (χ3v) is 3.55. The smallest absolute Gasteiger partial charge is 0.258 e. The van der Waals surface area contributed by atoms with Crippen LogP contribution in [-0.2, 0) is 6.61 Å². The third kappa shape index (κ3) is 2.43. The predicted molar refractivity (Wildman–Crippen MR) is 69.9 cm³/mol. The first kappa shape index (κ1) is 14.5. The molecule has 0 aliphatic rings. The van der Waals surface area contributed by atoms with E-state index in [1.54, 1.807) is 5.38 Å². The van der Waals surface area contributed by atoms with Crippen molar-refractivity contribution >= 4 is 16.3 Å². The highest BCUT2D eigenvalue weighted by atomic mass is 32.1. The van der Waals surface area contributed by atoms with Crippen molar-refractivity contribution in [2.24, 2.45) is 0 Å². The monoisotopic (exact) mass is 330 g/mol. The van der Waals surface area contributed by atoms with Crippen LogP contribution in [0.4, 0.5) is 17.6 Å². The van der Waals surface area contributed by atoms with Gasteiger partial charge in [-0.05, 0) is 0 Å². The number of aromatic nitrogens is 2. The highest BCUT2D eigenvalue weighted by molar-refractivity contribution is 7.15. The molecule has 22 heavy (non-hydrogen) atoms. The van der Waals surface area contributed by atoms with Gasteiger partial charge in [-0.15, -0.1) is 11.3 Å². The van der Waals surface area contributed by atoms with Gasteiger partial charge in [0.25, 0.3) is 5.56 Å². The van der Waals surface area contributed by atoms with Gasteiger partial charge in [0.2, 0.25) is 11.6 Å². The topological polar surface area (TPSA) is 43.6 Å². The molecule has 114 valence electrons. The Labute approximate surface area is 124 Å². The lowest BCUT2D eigenvalue weighted by molar-refractivity contribution is 0.258. The van der Waals surface area contributed by atoms with Crippen molar-refractivity contribution in [1.82, 2.24) is 9.38 Å². The number of rotatable bonds is 3. The van der Waals surface area contributed by atoms with Gasteiger partial charge in [0.1, 0.15) is 6.61 Å².